The Hall–Kier alpha value is -2.39. The Morgan fingerprint density at radius 3 is 2.71 bits per heavy atom. The van der Waals surface area contributed by atoms with Crippen LogP contribution < -0.4 is 5.32 Å². The summed E-state index contributed by atoms with van der Waals surface area (Å²) in [5.74, 6) is 0. The van der Waals surface area contributed by atoms with E-state index in [1.807, 2.05) is 12.1 Å². The number of nitro benzene ring substituents is 1. The van der Waals surface area contributed by atoms with Crippen molar-refractivity contribution in [2.45, 2.75) is 13.5 Å². The molecule has 0 fully saturated rings. The van der Waals surface area contributed by atoms with Gasteiger partial charge in [0.25, 0.3) is 5.69 Å². The van der Waals surface area contributed by atoms with E-state index in [9.17, 15) is 10.1 Å². The van der Waals surface area contributed by atoms with Crippen LogP contribution in [-0.4, -0.2) is 4.92 Å². The van der Waals surface area contributed by atoms with E-state index in [0.29, 0.717) is 27.8 Å². The molecule has 1 N–H and O–H groups in total. The van der Waals surface area contributed by atoms with Crippen LogP contribution in [0.3, 0.4) is 0 Å². The largest absolute Gasteiger partial charge is 0.380 e. The summed E-state index contributed by atoms with van der Waals surface area (Å²) in [6, 6.07) is 12.5. The summed E-state index contributed by atoms with van der Waals surface area (Å²) in [5.41, 5.74) is 2.76. The molecular formula is C15H12BrN3O2. The van der Waals surface area contributed by atoms with Gasteiger partial charge in [-0.25, -0.2) is 0 Å². The van der Waals surface area contributed by atoms with Crippen molar-refractivity contribution in [2.75, 3.05) is 5.32 Å². The molecule has 0 saturated heterocycles. The van der Waals surface area contributed by atoms with Crippen LogP contribution in [0.4, 0.5) is 11.4 Å². The van der Waals surface area contributed by atoms with Gasteiger partial charge in [-0.1, -0.05) is 18.2 Å². The number of nitrogens with one attached hydrogen (secondary N) is 1. The lowest BCUT2D eigenvalue weighted by Gasteiger charge is -2.11. The quantitative estimate of drug-likeness (QED) is 0.666. The lowest BCUT2D eigenvalue weighted by molar-refractivity contribution is -0.385. The van der Waals surface area contributed by atoms with E-state index in [2.05, 4.69) is 27.3 Å². The molecule has 0 aliphatic heterocycles. The molecule has 0 amide bonds. The summed E-state index contributed by atoms with van der Waals surface area (Å²) >= 11 is 3.33. The van der Waals surface area contributed by atoms with Crippen molar-refractivity contribution in [3.8, 4) is 6.07 Å². The zero-order valence-corrected chi connectivity index (χ0v) is 12.8. The number of rotatable bonds is 4. The molecule has 0 saturated carbocycles. The molecule has 0 spiro atoms. The Bertz CT molecular complexity index is 738. The standard InChI is InChI=1S/C15H12BrN3O2/c1-10-11(4-2-7-15(10)19(20)21)9-18-14-6-3-5-13(16)12(14)8-17/h2-7,18H,9H2,1H3. The molecule has 0 bridgehead atoms. The van der Waals surface area contributed by atoms with E-state index >= 15 is 0 Å². The minimum absolute atomic E-state index is 0.101. The molecule has 2 aromatic carbocycles. The fourth-order valence-corrected chi connectivity index (χ4v) is 2.49. The van der Waals surface area contributed by atoms with Crippen molar-refractivity contribution in [1.29, 1.82) is 5.26 Å². The first-order valence-electron chi connectivity index (χ1n) is 6.20. The zero-order valence-electron chi connectivity index (χ0n) is 11.3. The summed E-state index contributed by atoms with van der Waals surface area (Å²) in [5, 5.41) is 23.2. The van der Waals surface area contributed by atoms with Crippen LogP contribution in [0.25, 0.3) is 0 Å². The molecule has 21 heavy (non-hydrogen) atoms. The van der Waals surface area contributed by atoms with Crippen LogP contribution in [0.5, 0.6) is 0 Å². The monoisotopic (exact) mass is 345 g/mol. The average Bonchev–Trinajstić information content (AvgIpc) is 2.46. The van der Waals surface area contributed by atoms with E-state index < -0.39 is 4.92 Å². The third kappa shape index (κ3) is 3.20. The summed E-state index contributed by atoms with van der Waals surface area (Å²) in [4.78, 5) is 10.5. The Labute approximate surface area is 130 Å². The fraction of sp³-hybridized carbons (Fsp3) is 0.133. The Balaban J connectivity index is 2.26. The van der Waals surface area contributed by atoms with Gasteiger partial charge in [-0.15, -0.1) is 0 Å². The number of anilines is 1. The lowest BCUT2D eigenvalue weighted by Crippen LogP contribution is -2.04. The van der Waals surface area contributed by atoms with Gasteiger partial charge in [0, 0.05) is 22.6 Å². The number of nitro groups is 1. The summed E-state index contributed by atoms with van der Waals surface area (Å²) in [6.45, 7) is 2.14. The first-order chi connectivity index (χ1) is 10.0. The van der Waals surface area contributed by atoms with Crippen molar-refractivity contribution < 1.29 is 4.92 Å². The normalized spacial score (nSPS) is 9.95. The van der Waals surface area contributed by atoms with Gasteiger partial charge < -0.3 is 5.32 Å². The molecule has 0 heterocycles. The van der Waals surface area contributed by atoms with Gasteiger partial charge in [0.1, 0.15) is 6.07 Å². The number of benzene rings is 2. The van der Waals surface area contributed by atoms with Gasteiger partial charge in [0.05, 0.1) is 16.2 Å². The highest BCUT2D eigenvalue weighted by Gasteiger charge is 2.13. The molecule has 106 valence electrons. The summed E-state index contributed by atoms with van der Waals surface area (Å²) < 4.78 is 0.714. The van der Waals surface area contributed by atoms with Crippen LogP contribution >= 0.6 is 15.9 Å². The van der Waals surface area contributed by atoms with Gasteiger partial charge >= 0.3 is 0 Å². The Kier molecular flexibility index (Phi) is 4.55. The Morgan fingerprint density at radius 1 is 1.33 bits per heavy atom. The molecular weight excluding hydrogens is 334 g/mol. The fourth-order valence-electron chi connectivity index (χ4n) is 2.03. The molecule has 0 radical (unpaired) electrons. The molecule has 0 aromatic heterocycles. The summed E-state index contributed by atoms with van der Waals surface area (Å²) in [7, 11) is 0. The second kappa shape index (κ2) is 6.37. The van der Waals surface area contributed by atoms with E-state index in [-0.39, 0.29) is 5.69 Å². The first-order valence-corrected chi connectivity index (χ1v) is 6.99. The minimum Gasteiger partial charge on any atom is -0.380 e. The predicted molar refractivity (Wildman–Crippen MR) is 84.0 cm³/mol. The van der Waals surface area contributed by atoms with Crippen LogP contribution in [0.2, 0.25) is 0 Å². The number of halogens is 1. The maximum Gasteiger partial charge on any atom is 0.272 e. The predicted octanol–water partition coefficient (Wildman–Crippen LogP) is 4.15. The molecule has 0 atom stereocenters. The lowest BCUT2D eigenvalue weighted by atomic mass is 10.1. The maximum atomic E-state index is 10.9. The highest BCUT2D eigenvalue weighted by atomic mass is 79.9. The van der Waals surface area contributed by atoms with Gasteiger partial charge in [-0.05, 0) is 40.5 Å². The molecule has 0 unspecified atom stereocenters. The molecule has 2 rings (SSSR count). The van der Waals surface area contributed by atoms with Gasteiger partial charge in [-0.3, -0.25) is 10.1 Å². The molecule has 0 aliphatic rings. The minimum atomic E-state index is -0.390. The van der Waals surface area contributed by atoms with Crippen molar-refractivity contribution in [3.05, 3.63) is 67.7 Å². The highest BCUT2D eigenvalue weighted by Crippen LogP contribution is 2.26. The molecule has 0 aliphatic carbocycles. The van der Waals surface area contributed by atoms with E-state index in [4.69, 9.17) is 5.26 Å². The average molecular weight is 346 g/mol. The second-order valence-corrected chi connectivity index (χ2v) is 5.30. The van der Waals surface area contributed by atoms with Gasteiger partial charge in [0.2, 0.25) is 0 Å². The number of nitrogens with zero attached hydrogens (tertiary/aromatic N) is 2. The first kappa shape index (κ1) is 15.0. The third-order valence-electron chi connectivity index (χ3n) is 3.21. The van der Waals surface area contributed by atoms with E-state index in [1.54, 1.807) is 25.1 Å². The van der Waals surface area contributed by atoms with Crippen LogP contribution in [0.1, 0.15) is 16.7 Å². The van der Waals surface area contributed by atoms with E-state index in [1.165, 1.54) is 6.07 Å². The number of hydrogen-bond donors (Lipinski definition) is 1. The maximum absolute atomic E-state index is 10.9. The molecule has 5 nitrogen and oxygen atoms in total. The topological polar surface area (TPSA) is 79.0 Å². The smallest absolute Gasteiger partial charge is 0.272 e. The zero-order chi connectivity index (χ0) is 15.4. The molecule has 6 heteroatoms. The van der Waals surface area contributed by atoms with Crippen molar-refractivity contribution in [1.82, 2.24) is 0 Å². The molecule has 2 aromatic rings. The summed E-state index contributed by atoms with van der Waals surface area (Å²) in [6.07, 6.45) is 0. The van der Waals surface area contributed by atoms with Crippen LogP contribution in [0, 0.1) is 28.4 Å². The van der Waals surface area contributed by atoms with Gasteiger partial charge in [0.15, 0.2) is 0 Å². The second-order valence-electron chi connectivity index (χ2n) is 4.45. The SMILES string of the molecule is Cc1c(CNc2cccc(Br)c2C#N)cccc1[N+](=O)[O-]. The Morgan fingerprint density at radius 2 is 2.05 bits per heavy atom. The van der Waals surface area contributed by atoms with Crippen molar-refractivity contribution in [2.24, 2.45) is 0 Å². The van der Waals surface area contributed by atoms with Crippen LogP contribution in [0.15, 0.2) is 40.9 Å². The van der Waals surface area contributed by atoms with Crippen molar-refractivity contribution in [3.63, 3.8) is 0 Å². The van der Waals surface area contributed by atoms with E-state index in [0.717, 1.165) is 5.56 Å². The highest BCUT2D eigenvalue weighted by molar-refractivity contribution is 9.10. The van der Waals surface area contributed by atoms with Gasteiger partial charge in [-0.2, -0.15) is 5.26 Å². The van der Waals surface area contributed by atoms with Crippen molar-refractivity contribution >= 4 is 27.3 Å². The van der Waals surface area contributed by atoms with Crippen LogP contribution in [-0.2, 0) is 6.54 Å². The number of nitriles is 1. The third-order valence-corrected chi connectivity index (χ3v) is 3.87. The number of hydrogen-bond acceptors (Lipinski definition) is 4.